The molecule has 1 fully saturated rings. The molecule has 0 aromatic carbocycles. The fraction of sp³-hybridized carbons (Fsp3) is 0.615. The Bertz CT molecular complexity index is 383. The second-order valence-electron chi connectivity index (χ2n) is 4.60. The van der Waals surface area contributed by atoms with Crippen LogP contribution in [0.4, 0.5) is 0 Å². The van der Waals surface area contributed by atoms with Crippen LogP contribution in [0.3, 0.4) is 0 Å². The number of carboxylic acid groups (broad SMARTS) is 1. The lowest BCUT2D eigenvalue weighted by molar-refractivity contribution is 0.0624. The van der Waals surface area contributed by atoms with Crippen molar-refractivity contribution in [1.29, 1.82) is 0 Å². The molecule has 0 aliphatic heterocycles. The maximum atomic E-state index is 10.7. The van der Waals surface area contributed by atoms with E-state index < -0.39 is 5.97 Å². The van der Waals surface area contributed by atoms with Crippen LogP contribution in [0.2, 0.25) is 0 Å². The van der Waals surface area contributed by atoms with Crippen LogP contribution in [-0.2, 0) is 0 Å². The van der Waals surface area contributed by atoms with E-state index in [2.05, 4.69) is 6.92 Å². The Hall–Kier alpha value is -1.45. The molecule has 0 spiro atoms. The van der Waals surface area contributed by atoms with Crippen LogP contribution >= 0.6 is 0 Å². The van der Waals surface area contributed by atoms with Crippen molar-refractivity contribution in [2.75, 3.05) is 0 Å². The second-order valence-corrected chi connectivity index (χ2v) is 4.60. The Kier molecular flexibility index (Phi) is 3.71. The topological polar surface area (TPSA) is 59.7 Å². The van der Waals surface area contributed by atoms with Crippen molar-refractivity contribution in [2.45, 2.75) is 45.1 Å². The Morgan fingerprint density at radius 3 is 3.00 bits per heavy atom. The van der Waals surface area contributed by atoms with Gasteiger partial charge in [-0.15, -0.1) is 0 Å². The first-order chi connectivity index (χ1) is 8.19. The fourth-order valence-electron chi connectivity index (χ4n) is 2.38. The largest absolute Gasteiger partial charge is 0.475 e. The van der Waals surface area contributed by atoms with Crippen LogP contribution in [0.5, 0.6) is 5.95 Å². The lowest BCUT2D eigenvalue weighted by Gasteiger charge is -2.27. The summed E-state index contributed by atoms with van der Waals surface area (Å²) in [5.74, 6) is -0.0791. The molecule has 0 bridgehead atoms. The number of rotatable bonds is 4. The molecule has 0 saturated heterocycles. The molecular formula is C13H18O4. The molecule has 2 unspecified atom stereocenters. The Morgan fingerprint density at radius 2 is 2.35 bits per heavy atom. The number of furan rings is 1. The zero-order chi connectivity index (χ0) is 12.3. The fourth-order valence-corrected chi connectivity index (χ4v) is 2.38. The third-order valence-corrected chi connectivity index (χ3v) is 3.39. The van der Waals surface area contributed by atoms with Crippen LogP contribution in [0.1, 0.15) is 49.6 Å². The average Bonchev–Trinajstić information content (AvgIpc) is 2.78. The highest BCUT2D eigenvalue weighted by Gasteiger charge is 2.23. The standard InChI is InChI=1S/C13H18O4/c1-2-9-4-3-5-10(8-9)16-12-7-6-11(17-12)13(14)15/h6-7,9-10H,2-5,8H2,1H3,(H,14,15). The van der Waals surface area contributed by atoms with Crippen LogP contribution in [-0.4, -0.2) is 17.2 Å². The van der Waals surface area contributed by atoms with Crippen LogP contribution in [0.15, 0.2) is 16.5 Å². The van der Waals surface area contributed by atoms with Crippen molar-refractivity contribution in [3.05, 3.63) is 17.9 Å². The molecule has 0 amide bonds. The molecule has 0 radical (unpaired) electrons. The summed E-state index contributed by atoms with van der Waals surface area (Å²) >= 11 is 0. The molecule has 17 heavy (non-hydrogen) atoms. The highest BCUT2D eigenvalue weighted by Crippen LogP contribution is 2.30. The van der Waals surface area contributed by atoms with Crippen molar-refractivity contribution in [1.82, 2.24) is 0 Å². The maximum absolute atomic E-state index is 10.7. The molecule has 1 aromatic rings. The maximum Gasteiger partial charge on any atom is 0.371 e. The molecule has 1 heterocycles. The van der Waals surface area contributed by atoms with E-state index in [-0.39, 0.29) is 11.9 Å². The van der Waals surface area contributed by atoms with E-state index in [9.17, 15) is 4.79 Å². The van der Waals surface area contributed by atoms with Crippen LogP contribution in [0, 0.1) is 5.92 Å². The minimum Gasteiger partial charge on any atom is -0.475 e. The van der Waals surface area contributed by atoms with E-state index in [1.165, 1.54) is 25.3 Å². The summed E-state index contributed by atoms with van der Waals surface area (Å²) in [6.07, 6.45) is 5.86. The van der Waals surface area contributed by atoms with Gasteiger partial charge < -0.3 is 14.3 Å². The minimum atomic E-state index is -1.06. The molecule has 4 nitrogen and oxygen atoms in total. The van der Waals surface area contributed by atoms with Gasteiger partial charge in [0.25, 0.3) is 5.95 Å². The predicted octanol–water partition coefficient (Wildman–Crippen LogP) is 3.33. The molecule has 94 valence electrons. The molecule has 4 heteroatoms. The summed E-state index contributed by atoms with van der Waals surface area (Å²) in [5.41, 5.74) is 0. The van der Waals surface area contributed by atoms with Crippen LogP contribution < -0.4 is 4.74 Å². The van der Waals surface area contributed by atoms with Crippen LogP contribution in [0.25, 0.3) is 0 Å². The summed E-state index contributed by atoms with van der Waals surface area (Å²) < 4.78 is 10.8. The zero-order valence-corrected chi connectivity index (χ0v) is 10.0. The Balaban J connectivity index is 1.93. The van der Waals surface area contributed by atoms with Gasteiger partial charge in [-0.1, -0.05) is 19.8 Å². The summed E-state index contributed by atoms with van der Waals surface area (Å²) in [7, 11) is 0. The first-order valence-electron chi connectivity index (χ1n) is 6.18. The molecule has 2 atom stereocenters. The number of hydrogen-bond acceptors (Lipinski definition) is 3. The number of carboxylic acids is 1. The monoisotopic (exact) mass is 238 g/mol. The lowest BCUT2D eigenvalue weighted by atomic mass is 9.85. The second kappa shape index (κ2) is 5.25. The molecule has 1 aliphatic carbocycles. The van der Waals surface area contributed by atoms with Gasteiger partial charge in [0.15, 0.2) is 0 Å². The van der Waals surface area contributed by atoms with Gasteiger partial charge >= 0.3 is 5.97 Å². The summed E-state index contributed by atoms with van der Waals surface area (Å²) in [5, 5.41) is 8.73. The average molecular weight is 238 g/mol. The van der Waals surface area contributed by atoms with Gasteiger partial charge in [0.2, 0.25) is 5.76 Å². The smallest absolute Gasteiger partial charge is 0.371 e. The third kappa shape index (κ3) is 3.02. The highest BCUT2D eigenvalue weighted by molar-refractivity contribution is 5.84. The minimum absolute atomic E-state index is 0.0668. The number of aromatic carboxylic acids is 1. The van der Waals surface area contributed by atoms with E-state index in [1.807, 2.05) is 0 Å². The molecule has 1 saturated carbocycles. The first-order valence-corrected chi connectivity index (χ1v) is 6.18. The van der Waals surface area contributed by atoms with E-state index in [0.29, 0.717) is 5.95 Å². The molecule has 1 aliphatic rings. The number of ether oxygens (including phenoxy) is 1. The predicted molar refractivity (Wildman–Crippen MR) is 62.3 cm³/mol. The van der Waals surface area contributed by atoms with Crippen molar-refractivity contribution >= 4 is 5.97 Å². The number of carbonyl (C=O) groups is 1. The molecule has 1 N–H and O–H groups in total. The van der Waals surface area contributed by atoms with E-state index in [0.717, 1.165) is 18.8 Å². The molecule has 1 aromatic heterocycles. The van der Waals surface area contributed by atoms with E-state index in [1.54, 1.807) is 6.07 Å². The zero-order valence-electron chi connectivity index (χ0n) is 10.0. The van der Waals surface area contributed by atoms with Crippen molar-refractivity contribution in [3.8, 4) is 5.95 Å². The normalized spacial score (nSPS) is 24.5. The Labute approximate surface area is 101 Å². The lowest BCUT2D eigenvalue weighted by Crippen LogP contribution is -2.24. The van der Waals surface area contributed by atoms with E-state index in [4.69, 9.17) is 14.3 Å². The van der Waals surface area contributed by atoms with Gasteiger partial charge in [-0.3, -0.25) is 0 Å². The van der Waals surface area contributed by atoms with Crippen molar-refractivity contribution < 1.29 is 19.1 Å². The summed E-state index contributed by atoms with van der Waals surface area (Å²) in [4.78, 5) is 10.7. The summed E-state index contributed by atoms with van der Waals surface area (Å²) in [6.45, 7) is 2.20. The summed E-state index contributed by atoms with van der Waals surface area (Å²) in [6, 6.07) is 3.01. The molecule has 2 rings (SSSR count). The van der Waals surface area contributed by atoms with Crippen molar-refractivity contribution in [3.63, 3.8) is 0 Å². The van der Waals surface area contributed by atoms with Crippen molar-refractivity contribution in [2.24, 2.45) is 5.92 Å². The van der Waals surface area contributed by atoms with Gasteiger partial charge in [0, 0.05) is 6.07 Å². The third-order valence-electron chi connectivity index (χ3n) is 3.39. The van der Waals surface area contributed by atoms with Gasteiger partial charge in [0.1, 0.15) is 6.10 Å². The first kappa shape index (κ1) is 12.0. The molecular weight excluding hydrogens is 220 g/mol. The Morgan fingerprint density at radius 1 is 1.53 bits per heavy atom. The van der Waals surface area contributed by atoms with E-state index >= 15 is 0 Å². The van der Waals surface area contributed by atoms with Gasteiger partial charge in [-0.05, 0) is 31.2 Å². The number of hydrogen-bond donors (Lipinski definition) is 1. The quantitative estimate of drug-likeness (QED) is 0.874. The van der Waals surface area contributed by atoms with Gasteiger partial charge in [0.05, 0.1) is 0 Å². The highest BCUT2D eigenvalue weighted by atomic mass is 16.6. The van der Waals surface area contributed by atoms with Gasteiger partial charge in [-0.2, -0.15) is 0 Å². The SMILES string of the molecule is CCC1CCCC(Oc2ccc(C(=O)O)o2)C1. The van der Waals surface area contributed by atoms with Gasteiger partial charge in [-0.25, -0.2) is 4.79 Å².